The fourth-order valence-corrected chi connectivity index (χ4v) is 1.28. The summed E-state index contributed by atoms with van der Waals surface area (Å²) in [5, 5.41) is 0. The van der Waals surface area contributed by atoms with E-state index in [0.717, 1.165) is 6.42 Å². The van der Waals surface area contributed by atoms with Crippen LogP contribution in [0.2, 0.25) is 0 Å². The molecule has 0 spiro atoms. The molecule has 0 N–H and O–H groups in total. The van der Waals surface area contributed by atoms with E-state index < -0.39 is 29.1 Å². The molecule has 0 bridgehead atoms. The molecule has 0 amide bonds. The van der Waals surface area contributed by atoms with Gasteiger partial charge in [-0.1, -0.05) is 26.0 Å². The van der Waals surface area contributed by atoms with E-state index in [1.165, 1.54) is 6.08 Å². The zero-order valence-corrected chi connectivity index (χ0v) is 9.61. The number of halogens is 4. The van der Waals surface area contributed by atoms with E-state index in [-0.39, 0.29) is 6.42 Å². The van der Waals surface area contributed by atoms with E-state index in [2.05, 4.69) is 4.98 Å². The largest absolute Gasteiger partial charge is 0.252 e. The Labute approximate surface area is 97.2 Å². The van der Waals surface area contributed by atoms with Gasteiger partial charge in [-0.25, -0.2) is 8.78 Å². The molecule has 0 saturated carbocycles. The van der Waals surface area contributed by atoms with Gasteiger partial charge in [-0.15, -0.1) is 0 Å². The van der Waals surface area contributed by atoms with Gasteiger partial charge >= 0.3 is 0 Å². The topological polar surface area (TPSA) is 12.9 Å². The third kappa shape index (κ3) is 3.54. The summed E-state index contributed by atoms with van der Waals surface area (Å²) < 4.78 is 51.8. The summed E-state index contributed by atoms with van der Waals surface area (Å²) in [6, 6.07) is 0. The van der Waals surface area contributed by atoms with Crippen LogP contribution < -0.4 is 0 Å². The maximum Gasteiger partial charge on any atom is 0.252 e. The van der Waals surface area contributed by atoms with Gasteiger partial charge in [-0.05, 0) is 18.8 Å². The number of hydrogen-bond donors (Lipinski definition) is 0. The van der Waals surface area contributed by atoms with Gasteiger partial charge in [0.15, 0.2) is 11.6 Å². The van der Waals surface area contributed by atoms with E-state index in [0.29, 0.717) is 5.92 Å². The van der Waals surface area contributed by atoms with Gasteiger partial charge in [0.1, 0.15) is 0 Å². The van der Waals surface area contributed by atoms with Crippen LogP contribution >= 0.6 is 0 Å². The summed E-state index contributed by atoms with van der Waals surface area (Å²) in [6.07, 6.45) is 3.75. The summed E-state index contributed by atoms with van der Waals surface area (Å²) >= 11 is 0. The van der Waals surface area contributed by atoms with E-state index in [4.69, 9.17) is 0 Å². The molecule has 1 nitrogen and oxygen atoms in total. The molecule has 5 heteroatoms. The van der Waals surface area contributed by atoms with Crippen molar-refractivity contribution >= 4 is 0 Å². The SMILES string of the molecule is CC(C)C/C=C\Cc1c(F)c(F)nc(F)c1F. The second-order valence-corrected chi connectivity index (χ2v) is 4.11. The van der Waals surface area contributed by atoms with E-state index in [1.807, 2.05) is 13.8 Å². The minimum absolute atomic E-state index is 0.194. The number of allylic oxidation sites excluding steroid dienone is 2. The Bertz CT molecular complexity index is 401. The zero-order valence-electron chi connectivity index (χ0n) is 9.61. The molecule has 0 aliphatic carbocycles. The summed E-state index contributed by atoms with van der Waals surface area (Å²) in [7, 11) is 0. The average Bonchev–Trinajstić information content (AvgIpc) is 2.25. The number of hydrogen-bond acceptors (Lipinski definition) is 1. The predicted octanol–water partition coefficient (Wildman–Crippen LogP) is 3.78. The van der Waals surface area contributed by atoms with Crippen LogP contribution in [0.25, 0.3) is 0 Å². The number of pyridine rings is 1. The molecule has 0 unspecified atom stereocenters. The lowest BCUT2D eigenvalue weighted by atomic mass is 10.1. The highest BCUT2D eigenvalue weighted by atomic mass is 19.2. The van der Waals surface area contributed by atoms with Gasteiger partial charge in [-0.2, -0.15) is 13.8 Å². The third-order valence-electron chi connectivity index (χ3n) is 2.18. The Morgan fingerprint density at radius 1 is 1.00 bits per heavy atom. The molecule has 0 fully saturated rings. The average molecular weight is 247 g/mol. The van der Waals surface area contributed by atoms with Crippen molar-refractivity contribution in [2.24, 2.45) is 5.92 Å². The first-order chi connectivity index (χ1) is 7.93. The van der Waals surface area contributed by atoms with Crippen LogP contribution in [0.15, 0.2) is 12.2 Å². The number of aromatic nitrogens is 1. The predicted molar refractivity (Wildman–Crippen MR) is 56.4 cm³/mol. The minimum Gasteiger partial charge on any atom is -0.202 e. The maximum absolute atomic E-state index is 13.2. The highest BCUT2D eigenvalue weighted by molar-refractivity contribution is 5.20. The van der Waals surface area contributed by atoms with Gasteiger partial charge in [0.2, 0.25) is 0 Å². The van der Waals surface area contributed by atoms with Gasteiger partial charge in [0.25, 0.3) is 11.9 Å². The van der Waals surface area contributed by atoms with Crippen molar-refractivity contribution in [3.05, 3.63) is 41.2 Å². The Kier molecular flexibility index (Phi) is 4.66. The fourth-order valence-electron chi connectivity index (χ4n) is 1.28. The summed E-state index contributed by atoms with van der Waals surface area (Å²) in [6.45, 7) is 3.97. The first-order valence-electron chi connectivity index (χ1n) is 5.27. The van der Waals surface area contributed by atoms with Crippen molar-refractivity contribution in [2.45, 2.75) is 26.7 Å². The molecule has 0 saturated heterocycles. The second kappa shape index (κ2) is 5.80. The lowest BCUT2D eigenvalue weighted by Gasteiger charge is -2.03. The minimum atomic E-state index is -1.61. The second-order valence-electron chi connectivity index (χ2n) is 4.11. The first kappa shape index (κ1) is 13.7. The van der Waals surface area contributed by atoms with Crippen molar-refractivity contribution in [3.63, 3.8) is 0 Å². The van der Waals surface area contributed by atoms with Gasteiger partial charge in [0, 0.05) is 5.56 Å². The molecule has 1 aromatic heterocycles. The molecule has 94 valence electrons. The summed E-state index contributed by atoms with van der Waals surface area (Å²) in [5.74, 6) is -5.68. The zero-order chi connectivity index (χ0) is 13.0. The van der Waals surface area contributed by atoms with Crippen LogP contribution in [0.5, 0.6) is 0 Å². The number of rotatable bonds is 4. The van der Waals surface area contributed by atoms with E-state index >= 15 is 0 Å². The van der Waals surface area contributed by atoms with Gasteiger partial charge in [-0.3, -0.25) is 0 Å². The van der Waals surface area contributed by atoms with Gasteiger partial charge in [0.05, 0.1) is 0 Å². The molecule has 0 aromatic carbocycles. The molecule has 0 radical (unpaired) electrons. The lowest BCUT2D eigenvalue weighted by molar-refractivity contribution is 0.397. The van der Waals surface area contributed by atoms with Crippen LogP contribution in [0.3, 0.4) is 0 Å². The van der Waals surface area contributed by atoms with Crippen LogP contribution in [0.4, 0.5) is 17.6 Å². The molecule has 17 heavy (non-hydrogen) atoms. The first-order valence-corrected chi connectivity index (χ1v) is 5.27. The van der Waals surface area contributed by atoms with Gasteiger partial charge < -0.3 is 0 Å². The molecule has 1 aromatic rings. The third-order valence-corrected chi connectivity index (χ3v) is 2.18. The quantitative estimate of drug-likeness (QED) is 0.448. The Morgan fingerprint density at radius 2 is 1.53 bits per heavy atom. The van der Waals surface area contributed by atoms with E-state index in [1.54, 1.807) is 6.08 Å². The van der Waals surface area contributed by atoms with Crippen molar-refractivity contribution in [3.8, 4) is 0 Å². The van der Waals surface area contributed by atoms with Crippen molar-refractivity contribution in [1.82, 2.24) is 4.98 Å². The van der Waals surface area contributed by atoms with Crippen molar-refractivity contribution in [2.75, 3.05) is 0 Å². The standard InChI is InChI=1S/C12H13F4N/c1-7(2)5-3-4-6-8-9(13)11(15)17-12(16)10(8)14/h3-4,7H,5-6H2,1-2H3/b4-3-. The Balaban J connectivity index is 2.87. The molecule has 0 aliphatic heterocycles. The molecule has 0 aliphatic rings. The maximum atomic E-state index is 13.2. The molecular weight excluding hydrogens is 234 g/mol. The van der Waals surface area contributed by atoms with Crippen LogP contribution in [-0.2, 0) is 6.42 Å². The monoisotopic (exact) mass is 247 g/mol. The lowest BCUT2D eigenvalue weighted by Crippen LogP contribution is -2.05. The fraction of sp³-hybridized carbons (Fsp3) is 0.417. The van der Waals surface area contributed by atoms with Crippen molar-refractivity contribution < 1.29 is 17.6 Å². The smallest absolute Gasteiger partial charge is 0.202 e. The normalized spacial score (nSPS) is 11.7. The highest BCUT2D eigenvalue weighted by Gasteiger charge is 2.19. The number of nitrogens with zero attached hydrogens (tertiary/aromatic N) is 1. The van der Waals surface area contributed by atoms with Crippen molar-refractivity contribution in [1.29, 1.82) is 0 Å². The molecular formula is C12H13F4N. The molecule has 1 rings (SSSR count). The summed E-state index contributed by atoms with van der Waals surface area (Å²) in [4.78, 5) is 2.48. The van der Waals surface area contributed by atoms with Crippen LogP contribution in [-0.4, -0.2) is 4.98 Å². The Hall–Kier alpha value is -1.39. The Morgan fingerprint density at radius 3 is 2.00 bits per heavy atom. The summed E-state index contributed by atoms with van der Waals surface area (Å²) in [5.41, 5.74) is -0.630. The molecule has 1 heterocycles. The highest BCUT2D eigenvalue weighted by Crippen LogP contribution is 2.17. The van der Waals surface area contributed by atoms with E-state index in [9.17, 15) is 17.6 Å². The molecule has 0 atom stereocenters. The van der Waals surface area contributed by atoms with Crippen LogP contribution in [0, 0.1) is 29.4 Å². The van der Waals surface area contributed by atoms with Crippen LogP contribution in [0.1, 0.15) is 25.8 Å².